The normalized spacial score (nSPS) is 12.3. The van der Waals surface area contributed by atoms with Crippen molar-refractivity contribution in [3.8, 4) is 5.75 Å². The topological polar surface area (TPSA) is 104 Å². The molecule has 2 aromatic carbocycles. The molecule has 0 aliphatic carbocycles. The molecule has 3 rings (SSSR count). The predicted molar refractivity (Wildman–Crippen MR) is 112 cm³/mol. The van der Waals surface area contributed by atoms with Gasteiger partial charge in [0.1, 0.15) is 11.6 Å². The zero-order valence-electron chi connectivity index (χ0n) is 16.8. The third-order valence-corrected chi connectivity index (χ3v) is 4.52. The van der Waals surface area contributed by atoms with Crippen molar-refractivity contribution in [3.05, 3.63) is 58.5 Å². The maximum atomic E-state index is 13.7. The maximum Gasteiger partial charge on any atom is 0.255 e. The lowest BCUT2D eigenvalue weighted by molar-refractivity contribution is 0.0920. The lowest BCUT2D eigenvalue weighted by Crippen LogP contribution is -2.30. The molecule has 8 heteroatoms. The van der Waals surface area contributed by atoms with E-state index >= 15 is 0 Å². The SMILES string of the molecule is COc1c(C(=O)NC[C@H](C)O)ccc2n[nH]c(/C=C/c3ccc(F)c(C(C)=O)c3)c12. The minimum atomic E-state index is -0.674. The number of hydrogen-bond donors (Lipinski definition) is 3. The number of H-pyrrole nitrogens is 1. The fourth-order valence-electron chi connectivity index (χ4n) is 3.05. The average Bonchev–Trinajstić information content (AvgIpc) is 3.13. The van der Waals surface area contributed by atoms with Crippen LogP contribution >= 0.6 is 0 Å². The van der Waals surface area contributed by atoms with Crippen LogP contribution in [0.25, 0.3) is 23.1 Å². The molecule has 30 heavy (non-hydrogen) atoms. The number of benzene rings is 2. The Kier molecular flexibility index (Phi) is 6.27. The highest BCUT2D eigenvalue weighted by molar-refractivity contribution is 6.05. The van der Waals surface area contributed by atoms with E-state index in [1.807, 2.05) is 0 Å². The molecule has 1 aromatic heterocycles. The van der Waals surface area contributed by atoms with Crippen LogP contribution in [0, 0.1) is 5.82 Å². The Labute approximate surface area is 172 Å². The minimum absolute atomic E-state index is 0.0151. The highest BCUT2D eigenvalue weighted by Gasteiger charge is 2.19. The van der Waals surface area contributed by atoms with Gasteiger partial charge in [-0.15, -0.1) is 0 Å². The molecule has 0 aliphatic rings. The first kappa shape index (κ1) is 21.2. The number of aromatic amines is 1. The molecule has 1 amide bonds. The third-order valence-electron chi connectivity index (χ3n) is 4.52. The van der Waals surface area contributed by atoms with E-state index < -0.39 is 11.9 Å². The number of ketones is 1. The van der Waals surface area contributed by atoms with Crippen LogP contribution < -0.4 is 10.1 Å². The lowest BCUT2D eigenvalue weighted by atomic mass is 10.0. The first-order valence-electron chi connectivity index (χ1n) is 9.31. The Morgan fingerprint density at radius 1 is 1.27 bits per heavy atom. The molecule has 0 aliphatic heterocycles. The zero-order chi connectivity index (χ0) is 21.8. The van der Waals surface area contributed by atoms with Crippen molar-refractivity contribution in [3.63, 3.8) is 0 Å². The van der Waals surface area contributed by atoms with Gasteiger partial charge in [-0.2, -0.15) is 5.10 Å². The zero-order valence-corrected chi connectivity index (χ0v) is 16.8. The molecule has 7 nitrogen and oxygen atoms in total. The lowest BCUT2D eigenvalue weighted by Gasteiger charge is -2.11. The summed E-state index contributed by atoms with van der Waals surface area (Å²) >= 11 is 0. The van der Waals surface area contributed by atoms with E-state index in [2.05, 4.69) is 15.5 Å². The summed E-state index contributed by atoms with van der Waals surface area (Å²) in [5, 5.41) is 19.8. The van der Waals surface area contributed by atoms with E-state index in [0.717, 1.165) is 0 Å². The smallest absolute Gasteiger partial charge is 0.255 e. The number of amides is 1. The Morgan fingerprint density at radius 3 is 2.70 bits per heavy atom. The molecule has 1 atom stereocenters. The van der Waals surface area contributed by atoms with Gasteiger partial charge in [0, 0.05) is 6.54 Å². The van der Waals surface area contributed by atoms with Crippen molar-refractivity contribution >= 4 is 34.7 Å². The molecule has 0 saturated heterocycles. The van der Waals surface area contributed by atoms with Crippen molar-refractivity contribution in [2.24, 2.45) is 0 Å². The number of methoxy groups -OCH3 is 1. The number of fused-ring (bicyclic) bond motifs is 1. The summed E-state index contributed by atoms with van der Waals surface area (Å²) in [7, 11) is 1.46. The number of carbonyl (C=O) groups is 2. The van der Waals surface area contributed by atoms with E-state index in [-0.39, 0.29) is 23.8 Å². The Hall–Kier alpha value is -3.52. The third kappa shape index (κ3) is 4.38. The van der Waals surface area contributed by atoms with Crippen molar-refractivity contribution in [2.45, 2.75) is 20.0 Å². The van der Waals surface area contributed by atoms with Gasteiger partial charge in [0.25, 0.3) is 5.91 Å². The second-order valence-corrected chi connectivity index (χ2v) is 6.87. The quantitative estimate of drug-likeness (QED) is 0.518. The molecule has 0 spiro atoms. The van der Waals surface area contributed by atoms with Crippen molar-refractivity contribution < 1.29 is 23.8 Å². The number of aliphatic hydroxyl groups excluding tert-OH is 1. The summed E-state index contributed by atoms with van der Waals surface area (Å²) in [5.41, 5.74) is 2.14. The molecule has 0 fully saturated rings. The molecular formula is C22H22FN3O4. The van der Waals surface area contributed by atoms with Crippen LogP contribution in [0.2, 0.25) is 0 Å². The number of carbonyl (C=O) groups excluding carboxylic acids is 2. The van der Waals surface area contributed by atoms with Gasteiger partial charge >= 0.3 is 0 Å². The van der Waals surface area contributed by atoms with Crippen LogP contribution in [0.15, 0.2) is 30.3 Å². The van der Waals surface area contributed by atoms with Gasteiger partial charge in [-0.25, -0.2) is 4.39 Å². The van der Waals surface area contributed by atoms with Crippen LogP contribution in [-0.4, -0.2) is 46.8 Å². The minimum Gasteiger partial charge on any atom is -0.495 e. The number of ether oxygens (including phenoxy) is 1. The molecule has 0 bridgehead atoms. The first-order valence-corrected chi connectivity index (χ1v) is 9.31. The highest BCUT2D eigenvalue weighted by atomic mass is 19.1. The summed E-state index contributed by atoms with van der Waals surface area (Å²) in [5.74, 6) is -0.964. The molecule has 3 aromatic rings. The summed E-state index contributed by atoms with van der Waals surface area (Å²) in [6, 6.07) is 7.56. The number of nitrogens with zero attached hydrogens (tertiary/aromatic N) is 1. The van der Waals surface area contributed by atoms with Gasteiger partial charge in [0.2, 0.25) is 0 Å². The Morgan fingerprint density at radius 2 is 2.03 bits per heavy atom. The average molecular weight is 411 g/mol. The Balaban J connectivity index is 2.00. The number of rotatable bonds is 7. The van der Waals surface area contributed by atoms with Gasteiger partial charge in [0.05, 0.1) is 40.9 Å². The second kappa shape index (κ2) is 8.87. The number of Topliss-reactive ketones (excluding diaryl/α,β-unsaturated/α-hetero) is 1. The summed E-state index contributed by atoms with van der Waals surface area (Å²) in [6.45, 7) is 3.00. The van der Waals surface area contributed by atoms with E-state index in [4.69, 9.17) is 4.74 Å². The van der Waals surface area contributed by atoms with Gasteiger partial charge in [-0.05, 0) is 49.8 Å². The fourth-order valence-corrected chi connectivity index (χ4v) is 3.05. The van der Waals surface area contributed by atoms with E-state index in [1.54, 1.807) is 37.3 Å². The number of nitrogens with one attached hydrogen (secondary N) is 2. The second-order valence-electron chi connectivity index (χ2n) is 6.87. The molecule has 0 radical (unpaired) electrons. The number of hydrogen-bond acceptors (Lipinski definition) is 5. The van der Waals surface area contributed by atoms with Crippen molar-refractivity contribution in [2.75, 3.05) is 13.7 Å². The van der Waals surface area contributed by atoms with Gasteiger partial charge in [0.15, 0.2) is 5.78 Å². The van der Waals surface area contributed by atoms with Gasteiger partial charge < -0.3 is 15.2 Å². The van der Waals surface area contributed by atoms with E-state index in [9.17, 15) is 19.1 Å². The first-order chi connectivity index (χ1) is 14.3. The molecule has 3 N–H and O–H groups in total. The molecule has 156 valence electrons. The van der Waals surface area contributed by atoms with Crippen LogP contribution in [0.4, 0.5) is 4.39 Å². The largest absolute Gasteiger partial charge is 0.495 e. The van der Waals surface area contributed by atoms with E-state index in [1.165, 1.54) is 26.2 Å². The van der Waals surface area contributed by atoms with Crippen LogP contribution in [-0.2, 0) is 0 Å². The standard InChI is InChI=1S/C22H22FN3O4/c1-12(27)11-24-22(29)15-6-9-19-20(21(15)30-3)18(25-26-19)8-5-14-4-7-17(23)16(10-14)13(2)28/h4-10,12,27H,11H2,1-3H3,(H,24,29)(H,25,26)/b8-5+/t12-/m0/s1. The predicted octanol–water partition coefficient (Wildman–Crippen LogP) is 3.19. The number of aliphatic hydroxyl groups is 1. The summed E-state index contributed by atoms with van der Waals surface area (Å²) in [6.07, 6.45) is 2.75. The van der Waals surface area contributed by atoms with E-state index in [0.29, 0.717) is 33.5 Å². The number of halogens is 1. The molecule has 0 unspecified atom stereocenters. The van der Waals surface area contributed by atoms with Crippen molar-refractivity contribution in [1.82, 2.24) is 15.5 Å². The van der Waals surface area contributed by atoms with Crippen LogP contribution in [0.5, 0.6) is 5.75 Å². The fraction of sp³-hybridized carbons (Fsp3) is 0.227. The number of aromatic nitrogens is 2. The molecular weight excluding hydrogens is 389 g/mol. The molecule has 0 saturated carbocycles. The Bertz CT molecular complexity index is 1130. The van der Waals surface area contributed by atoms with Crippen LogP contribution in [0.1, 0.15) is 45.8 Å². The highest BCUT2D eigenvalue weighted by Crippen LogP contribution is 2.32. The monoisotopic (exact) mass is 411 g/mol. The maximum absolute atomic E-state index is 13.7. The summed E-state index contributed by atoms with van der Waals surface area (Å²) in [4.78, 5) is 24.1. The van der Waals surface area contributed by atoms with Gasteiger partial charge in [-0.3, -0.25) is 14.7 Å². The molecule has 1 heterocycles. The van der Waals surface area contributed by atoms with Crippen LogP contribution in [0.3, 0.4) is 0 Å². The van der Waals surface area contributed by atoms with Gasteiger partial charge in [-0.1, -0.05) is 12.1 Å². The summed E-state index contributed by atoms with van der Waals surface area (Å²) < 4.78 is 19.2. The van der Waals surface area contributed by atoms with Crippen molar-refractivity contribution in [1.29, 1.82) is 0 Å².